The molecular formula is C12H13ClN2O. The van der Waals surface area contributed by atoms with Gasteiger partial charge < -0.3 is 15.5 Å². The van der Waals surface area contributed by atoms with Gasteiger partial charge in [-0.3, -0.25) is 0 Å². The molecule has 0 bridgehead atoms. The highest BCUT2D eigenvalue weighted by molar-refractivity contribution is 6.31. The Bertz CT molecular complexity index is 531. The minimum absolute atomic E-state index is 0.512. The van der Waals surface area contributed by atoms with Gasteiger partial charge in [0.2, 0.25) is 0 Å². The molecule has 0 spiro atoms. The van der Waals surface area contributed by atoms with E-state index in [0.717, 1.165) is 22.8 Å². The summed E-state index contributed by atoms with van der Waals surface area (Å²) in [6, 6.07) is 5.62. The maximum absolute atomic E-state index is 10.8. The topological polar surface area (TPSA) is 58.9 Å². The van der Waals surface area contributed by atoms with Crippen molar-refractivity contribution in [3.05, 3.63) is 35.0 Å². The number of hydrogen-bond acceptors (Lipinski definition) is 2. The zero-order chi connectivity index (χ0) is 11.8. The number of nitrogens with one attached hydrogen (secondary N) is 1. The summed E-state index contributed by atoms with van der Waals surface area (Å²) in [6.07, 6.45) is 3.16. The summed E-state index contributed by atoms with van der Waals surface area (Å²) in [5, 5.41) is 1.75. The molecule has 0 aliphatic heterocycles. The first-order chi connectivity index (χ1) is 7.52. The number of rotatable bonds is 3. The average molecular weight is 237 g/mol. The van der Waals surface area contributed by atoms with Crippen molar-refractivity contribution >= 4 is 28.8 Å². The summed E-state index contributed by atoms with van der Waals surface area (Å²) in [4.78, 5) is 13.9. The number of aromatic amines is 1. The van der Waals surface area contributed by atoms with Crippen LogP contribution in [0.15, 0.2) is 24.4 Å². The number of carbonyl (C=O) groups is 1. The second-order valence-electron chi connectivity index (χ2n) is 4.30. The summed E-state index contributed by atoms with van der Waals surface area (Å²) >= 11 is 5.89. The Hall–Kier alpha value is -1.32. The summed E-state index contributed by atoms with van der Waals surface area (Å²) in [5.41, 5.74) is 6.99. The van der Waals surface area contributed by atoms with Gasteiger partial charge in [0, 0.05) is 22.1 Å². The van der Waals surface area contributed by atoms with Crippen molar-refractivity contribution in [3.63, 3.8) is 0 Å². The fraction of sp³-hybridized carbons (Fsp3) is 0.250. The van der Waals surface area contributed by atoms with Crippen LogP contribution in [0.25, 0.3) is 10.9 Å². The lowest BCUT2D eigenvalue weighted by atomic mass is 9.95. The summed E-state index contributed by atoms with van der Waals surface area (Å²) in [5.74, 6) is 0. The van der Waals surface area contributed by atoms with E-state index in [-0.39, 0.29) is 0 Å². The Morgan fingerprint density at radius 1 is 1.56 bits per heavy atom. The number of benzene rings is 1. The molecule has 16 heavy (non-hydrogen) atoms. The van der Waals surface area contributed by atoms with Crippen LogP contribution < -0.4 is 5.73 Å². The molecule has 2 rings (SSSR count). The zero-order valence-corrected chi connectivity index (χ0v) is 9.71. The molecule has 0 saturated carbocycles. The molecule has 0 fully saturated rings. The number of H-pyrrole nitrogens is 1. The predicted octanol–water partition coefficient (Wildman–Crippen LogP) is 2.28. The van der Waals surface area contributed by atoms with E-state index >= 15 is 0 Å². The molecule has 0 aliphatic rings. The second kappa shape index (κ2) is 3.92. The van der Waals surface area contributed by atoms with Gasteiger partial charge in [0.25, 0.3) is 0 Å². The van der Waals surface area contributed by atoms with Crippen LogP contribution in [0.4, 0.5) is 0 Å². The Balaban J connectivity index is 2.43. The average Bonchev–Trinajstić information content (AvgIpc) is 2.60. The van der Waals surface area contributed by atoms with Gasteiger partial charge in [-0.05, 0) is 31.0 Å². The van der Waals surface area contributed by atoms with E-state index in [4.69, 9.17) is 17.3 Å². The van der Waals surface area contributed by atoms with Crippen molar-refractivity contribution in [2.45, 2.75) is 18.9 Å². The Morgan fingerprint density at radius 2 is 2.31 bits per heavy atom. The van der Waals surface area contributed by atoms with Crippen LogP contribution in [-0.2, 0) is 11.2 Å². The van der Waals surface area contributed by atoms with E-state index < -0.39 is 5.54 Å². The third-order valence-corrected chi connectivity index (χ3v) is 2.81. The lowest BCUT2D eigenvalue weighted by molar-refractivity contribution is -0.111. The van der Waals surface area contributed by atoms with E-state index in [1.165, 1.54) is 0 Å². The van der Waals surface area contributed by atoms with Crippen molar-refractivity contribution in [2.75, 3.05) is 0 Å². The van der Waals surface area contributed by atoms with Crippen molar-refractivity contribution in [2.24, 2.45) is 5.73 Å². The van der Waals surface area contributed by atoms with Crippen LogP contribution in [-0.4, -0.2) is 16.8 Å². The molecule has 1 aromatic heterocycles. The van der Waals surface area contributed by atoms with E-state index in [9.17, 15) is 4.79 Å². The molecule has 1 atom stereocenters. The second-order valence-corrected chi connectivity index (χ2v) is 4.74. The summed E-state index contributed by atoms with van der Waals surface area (Å²) < 4.78 is 0. The fourth-order valence-corrected chi connectivity index (χ4v) is 1.93. The molecular weight excluding hydrogens is 224 g/mol. The first-order valence-corrected chi connectivity index (χ1v) is 5.40. The van der Waals surface area contributed by atoms with Crippen molar-refractivity contribution < 1.29 is 4.79 Å². The van der Waals surface area contributed by atoms with Crippen LogP contribution in [0.5, 0.6) is 0 Å². The van der Waals surface area contributed by atoms with Crippen LogP contribution in [0.1, 0.15) is 12.5 Å². The van der Waals surface area contributed by atoms with Gasteiger partial charge in [0.15, 0.2) is 0 Å². The minimum Gasteiger partial charge on any atom is -0.361 e. The third-order valence-electron chi connectivity index (χ3n) is 2.57. The van der Waals surface area contributed by atoms with Gasteiger partial charge in [-0.1, -0.05) is 17.7 Å². The van der Waals surface area contributed by atoms with Crippen LogP contribution in [0, 0.1) is 0 Å². The number of halogens is 1. The number of nitrogens with two attached hydrogens (primary N) is 1. The quantitative estimate of drug-likeness (QED) is 0.804. The molecule has 0 saturated heterocycles. The lowest BCUT2D eigenvalue weighted by Crippen LogP contribution is -2.40. The fourth-order valence-electron chi connectivity index (χ4n) is 1.76. The highest BCUT2D eigenvalue weighted by atomic mass is 35.5. The largest absolute Gasteiger partial charge is 0.361 e. The summed E-state index contributed by atoms with van der Waals surface area (Å²) in [7, 11) is 0. The van der Waals surface area contributed by atoms with Crippen LogP contribution in [0.3, 0.4) is 0 Å². The Labute approximate surface area is 98.6 Å². The first-order valence-electron chi connectivity index (χ1n) is 5.02. The summed E-state index contributed by atoms with van der Waals surface area (Å²) in [6.45, 7) is 1.72. The number of aldehydes is 1. The maximum Gasteiger partial charge on any atom is 0.139 e. The third kappa shape index (κ3) is 2.10. The highest BCUT2D eigenvalue weighted by Gasteiger charge is 2.19. The number of carbonyl (C=O) groups excluding carboxylic acids is 1. The minimum atomic E-state index is -0.825. The first kappa shape index (κ1) is 11.2. The molecule has 0 aliphatic carbocycles. The zero-order valence-electron chi connectivity index (χ0n) is 8.96. The van der Waals surface area contributed by atoms with Gasteiger partial charge in [-0.25, -0.2) is 0 Å². The molecule has 4 heteroatoms. The van der Waals surface area contributed by atoms with Gasteiger partial charge in [0.1, 0.15) is 6.29 Å². The van der Waals surface area contributed by atoms with Crippen molar-refractivity contribution in [1.29, 1.82) is 0 Å². The lowest BCUT2D eigenvalue weighted by Gasteiger charge is -2.15. The molecule has 2 aromatic rings. The predicted molar refractivity (Wildman–Crippen MR) is 65.7 cm³/mol. The normalized spacial score (nSPS) is 14.9. The van der Waals surface area contributed by atoms with Crippen molar-refractivity contribution in [3.8, 4) is 0 Å². The maximum atomic E-state index is 10.8. The Kier molecular flexibility index (Phi) is 2.74. The van der Waals surface area contributed by atoms with E-state index in [2.05, 4.69) is 4.98 Å². The molecule has 1 aromatic carbocycles. The highest BCUT2D eigenvalue weighted by Crippen LogP contribution is 2.24. The standard InChI is InChI=1S/C12H13ClN2O/c1-12(14,7-16)5-8-6-15-11-4-9(13)2-3-10(8)11/h2-4,6-7,15H,5,14H2,1H3/t12-/m0/s1. The SMILES string of the molecule is C[C@@](N)(C=O)Cc1c[nH]c2cc(Cl)ccc12. The van der Waals surface area contributed by atoms with E-state index in [1.54, 1.807) is 6.92 Å². The molecule has 3 N–H and O–H groups in total. The van der Waals surface area contributed by atoms with Gasteiger partial charge >= 0.3 is 0 Å². The molecule has 0 radical (unpaired) electrons. The van der Waals surface area contributed by atoms with E-state index in [0.29, 0.717) is 11.4 Å². The molecule has 1 heterocycles. The van der Waals surface area contributed by atoms with Gasteiger partial charge in [0.05, 0.1) is 5.54 Å². The Morgan fingerprint density at radius 3 is 3.00 bits per heavy atom. The van der Waals surface area contributed by atoms with Crippen LogP contribution >= 0.6 is 11.6 Å². The van der Waals surface area contributed by atoms with E-state index in [1.807, 2.05) is 24.4 Å². The van der Waals surface area contributed by atoms with Crippen molar-refractivity contribution in [1.82, 2.24) is 4.98 Å². The molecule has 84 valence electrons. The monoisotopic (exact) mass is 236 g/mol. The van der Waals surface area contributed by atoms with Crippen LogP contribution in [0.2, 0.25) is 5.02 Å². The number of fused-ring (bicyclic) bond motifs is 1. The number of aromatic nitrogens is 1. The molecule has 0 amide bonds. The smallest absolute Gasteiger partial charge is 0.139 e. The number of hydrogen-bond donors (Lipinski definition) is 2. The van der Waals surface area contributed by atoms with Gasteiger partial charge in [-0.15, -0.1) is 0 Å². The molecule has 0 unspecified atom stereocenters. The van der Waals surface area contributed by atoms with Gasteiger partial charge in [-0.2, -0.15) is 0 Å². The molecule has 3 nitrogen and oxygen atoms in total.